The first-order valence-electron chi connectivity index (χ1n) is 6.21. The predicted molar refractivity (Wildman–Crippen MR) is 86.3 cm³/mol. The smallest absolute Gasteiger partial charge is 0.331 e. The van der Waals surface area contributed by atoms with E-state index in [4.69, 9.17) is 4.42 Å². The van der Waals surface area contributed by atoms with Gasteiger partial charge in [-0.15, -0.1) is 0 Å². The van der Waals surface area contributed by atoms with Crippen molar-refractivity contribution in [3.8, 4) is 5.69 Å². The summed E-state index contributed by atoms with van der Waals surface area (Å²) >= 11 is 2.03. The van der Waals surface area contributed by atoms with E-state index >= 15 is 0 Å². The maximum atomic E-state index is 14.2. The third-order valence-electron chi connectivity index (χ3n) is 3.43. The summed E-state index contributed by atoms with van der Waals surface area (Å²) in [5.41, 5.74) is 1.57. The van der Waals surface area contributed by atoms with Crippen LogP contribution >= 0.6 is 22.6 Å². The average molecular weight is 394 g/mol. The molecule has 0 bridgehead atoms. The van der Waals surface area contributed by atoms with Crippen molar-refractivity contribution < 1.29 is 8.81 Å². The zero-order valence-electron chi connectivity index (χ0n) is 10.6. The number of nitrogens with one attached hydrogen (secondary N) is 1. The summed E-state index contributed by atoms with van der Waals surface area (Å²) in [7, 11) is 0. The molecule has 2 heterocycles. The number of halogens is 2. The molecule has 0 spiro atoms. The van der Waals surface area contributed by atoms with Gasteiger partial charge in [-0.2, -0.15) is 0 Å². The van der Waals surface area contributed by atoms with Crippen molar-refractivity contribution in [2.45, 2.75) is 0 Å². The number of aromatic amines is 1. The Balaban J connectivity index is 2.13. The number of fused-ring (bicyclic) bond motifs is 3. The van der Waals surface area contributed by atoms with Gasteiger partial charge in [-0.05, 0) is 59.0 Å². The van der Waals surface area contributed by atoms with Gasteiger partial charge in [0.05, 0.1) is 17.5 Å². The lowest BCUT2D eigenvalue weighted by Gasteiger charge is -2.05. The molecular formula is C15H8FIN2O2. The molecule has 0 aliphatic heterocycles. The van der Waals surface area contributed by atoms with Crippen molar-refractivity contribution in [3.05, 3.63) is 62.5 Å². The predicted octanol–water partition coefficient (Wildman–Crippen LogP) is 3.81. The highest BCUT2D eigenvalue weighted by atomic mass is 127. The molecule has 0 atom stereocenters. The van der Waals surface area contributed by atoms with Crippen LogP contribution in [0.15, 0.2) is 51.9 Å². The van der Waals surface area contributed by atoms with Crippen molar-refractivity contribution in [1.82, 2.24) is 9.55 Å². The molecule has 1 N–H and O–H groups in total. The Kier molecular flexibility index (Phi) is 2.68. The highest BCUT2D eigenvalue weighted by Crippen LogP contribution is 2.26. The standard InChI is InChI=1S/C15H8FIN2O2/c16-10-7-9(17)2-4-11(10)19-12-3-1-8-5-6-21-14(8)13(12)18-15(19)20/h1-7H,(H,18,20). The summed E-state index contributed by atoms with van der Waals surface area (Å²) in [6.45, 7) is 0. The molecule has 0 fully saturated rings. The van der Waals surface area contributed by atoms with Gasteiger partial charge >= 0.3 is 5.69 Å². The fourth-order valence-electron chi connectivity index (χ4n) is 2.50. The fourth-order valence-corrected chi connectivity index (χ4v) is 2.96. The van der Waals surface area contributed by atoms with E-state index < -0.39 is 11.5 Å². The molecule has 0 radical (unpaired) electrons. The Morgan fingerprint density at radius 1 is 1.19 bits per heavy atom. The fraction of sp³-hybridized carbons (Fsp3) is 0. The molecule has 104 valence electrons. The molecule has 4 aromatic rings. The quantitative estimate of drug-likeness (QED) is 0.500. The van der Waals surface area contributed by atoms with E-state index in [2.05, 4.69) is 4.98 Å². The Hall–Kier alpha value is -2.09. The maximum Gasteiger partial charge on any atom is 0.331 e. The molecule has 6 heteroatoms. The van der Waals surface area contributed by atoms with Gasteiger partial charge in [0, 0.05) is 8.96 Å². The van der Waals surface area contributed by atoms with Crippen LogP contribution in [0, 0.1) is 9.39 Å². The number of furan rings is 1. The molecule has 0 unspecified atom stereocenters. The van der Waals surface area contributed by atoms with E-state index in [1.165, 1.54) is 10.6 Å². The van der Waals surface area contributed by atoms with Crippen molar-refractivity contribution in [2.24, 2.45) is 0 Å². The lowest BCUT2D eigenvalue weighted by atomic mass is 10.2. The molecule has 2 aromatic heterocycles. The zero-order chi connectivity index (χ0) is 14.6. The zero-order valence-corrected chi connectivity index (χ0v) is 12.7. The van der Waals surface area contributed by atoms with E-state index in [0.29, 0.717) is 16.6 Å². The summed E-state index contributed by atoms with van der Waals surface area (Å²) in [6.07, 6.45) is 1.56. The van der Waals surface area contributed by atoms with Gasteiger partial charge in [-0.1, -0.05) is 0 Å². The molecule has 21 heavy (non-hydrogen) atoms. The van der Waals surface area contributed by atoms with E-state index in [9.17, 15) is 9.18 Å². The van der Waals surface area contributed by atoms with Crippen molar-refractivity contribution in [3.63, 3.8) is 0 Å². The van der Waals surface area contributed by atoms with Gasteiger partial charge in [-0.3, -0.25) is 4.57 Å². The van der Waals surface area contributed by atoms with Gasteiger partial charge in [0.25, 0.3) is 0 Å². The maximum absolute atomic E-state index is 14.2. The molecule has 0 saturated heterocycles. The summed E-state index contributed by atoms with van der Waals surface area (Å²) < 4.78 is 21.7. The number of aromatic nitrogens is 2. The number of hydrogen-bond acceptors (Lipinski definition) is 2. The van der Waals surface area contributed by atoms with Crippen LogP contribution in [0.1, 0.15) is 0 Å². The molecule has 0 saturated carbocycles. The van der Waals surface area contributed by atoms with E-state index in [1.807, 2.05) is 34.7 Å². The molecule has 4 nitrogen and oxygen atoms in total. The van der Waals surface area contributed by atoms with Gasteiger partial charge in [-0.25, -0.2) is 9.18 Å². The van der Waals surface area contributed by atoms with Gasteiger partial charge < -0.3 is 9.40 Å². The normalized spacial score (nSPS) is 11.5. The monoisotopic (exact) mass is 394 g/mol. The Morgan fingerprint density at radius 2 is 2.05 bits per heavy atom. The lowest BCUT2D eigenvalue weighted by Crippen LogP contribution is -2.15. The second-order valence-electron chi connectivity index (χ2n) is 4.66. The van der Waals surface area contributed by atoms with Gasteiger partial charge in [0.15, 0.2) is 5.58 Å². The third kappa shape index (κ3) is 1.82. The lowest BCUT2D eigenvalue weighted by molar-refractivity contribution is 0.616. The van der Waals surface area contributed by atoms with Crippen LogP contribution in [-0.2, 0) is 0 Å². The van der Waals surface area contributed by atoms with Gasteiger partial charge in [0.2, 0.25) is 0 Å². The second-order valence-corrected chi connectivity index (χ2v) is 5.91. The first kappa shape index (κ1) is 12.6. The van der Waals surface area contributed by atoms with Crippen LogP contribution in [0.5, 0.6) is 0 Å². The molecule has 0 aliphatic rings. The minimum absolute atomic E-state index is 0.220. The van der Waals surface area contributed by atoms with Crippen molar-refractivity contribution >= 4 is 44.6 Å². The molecule has 2 aromatic carbocycles. The largest absolute Gasteiger partial charge is 0.462 e. The summed E-state index contributed by atoms with van der Waals surface area (Å²) in [5.74, 6) is -0.440. The van der Waals surface area contributed by atoms with E-state index in [1.54, 1.807) is 24.5 Å². The van der Waals surface area contributed by atoms with Crippen LogP contribution in [0.2, 0.25) is 0 Å². The Labute approximate surface area is 131 Å². The average Bonchev–Trinajstić information content (AvgIpc) is 3.02. The molecule has 0 aliphatic carbocycles. The number of imidazole rings is 1. The number of nitrogens with zero attached hydrogens (tertiary/aromatic N) is 1. The summed E-state index contributed by atoms with van der Waals surface area (Å²) in [5, 5.41) is 0.888. The summed E-state index contributed by atoms with van der Waals surface area (Å²) in [6, 6.07) is 10.2. The highest BCUT2D eigenvalue weighted by molar-refractivity contribution is 14.1. The van der Waals surface area contributed by atoms with Crippen LogP contribution in [-0.4, -0.2) is 9.55 Å². The Morgan fingerprint density at radius 3 is 2.86 bits per heavy atom. The van der Waals surface area contributed by atoms with E-state index in [-0.39, 0.29) is 5.69 Å². The van der Waals surface area contributed by atoms with Crippen LogP contribution in [0.4, 0.5) is 4.39 Å². The van der Waals surface area contributed by atoms with Crippen molar-refractivity contribution in [2.75, 3.05) is 0 Å². The second kappa shape index (κ2) is 4.45. The summed E-state index contributed by atoms with van der Waals surface area (Å²) in [4.78, 5) is 15.0. The van der Waals surface area contributed by atoms with Gasteiger partial charge in [0.1, 0.15) is 11.3 Å². The van der Waals surface area contributed by atoms with Crippen LogP contribution < -0.4 is 5.69 Å². The van der Waals surface area contributed by atoms with Crippen molar-refractivity contribution in [1.29, 1.82) is 0 Å². The third-order valence-corrected chi connectivity index (χ3v) is 4.10. The number of H-pyrrole nitrogens is 1. The number of hydrogen-bond donors (Lipinski definition) is 1. The Bertz CT molecular complexity index is 1040. The van der Waals surface area contributed by atoms with Crippen LogP contribution in [0.3, 0.4) is 0 Å². The van der Waals surface area contributed by atoms with Crippen LogP contribution in [0.25, 0.3) is 27.7 Å². The number of rotatable bonds is 1. The highest BCUT2D eigenvalue weighted by Gasteiger charge is 2.15. The molecular weight excluding hydrogens is 386 g/mol. The molecule has 0 amide bonds. The topological polar surface area (TPSA) is 50.9 Å². The molecule has 4 rings (SSSR count). The minimum Gasteiger partial charge on any atom is -0.462 e. The minimum atomic E-state index is -0.440. The number of benzene rings is 2. The first-order valence-corrected chi connectivity index (χ1v) is 7.29. The van der Waals surface area contributed by atoms with E-state index in [0.717, 1.165) is 8.96 Å². The SMILES string of the molecule is O=c1[nH]c2c3occc3ccc2n1-c1ccc(I)cc1F. The first-order chi connectivity index (χ1) is 10.1.